The van der Waals surface area contributed by atoms with Gasteiger partial charge in [-0.2, -0.15) is 0 Å². The molecule has 0 aromatic carbocycles. The second-order valence-corrected chi connectivity index (χ2v) is 6.96. The Labute approximate surface area is 156 Å². The summed E-state index contributed by atoms with van der Waals surface area (Å²) >= 11 is 6.28. The van der Waals surface area contributed by atoms with Crippen LogP contribution in [0.5, 0.6) is 0 Å². The Morgan fingerprint density at radius 1 is 1.19 bits per heavy atom. The lowest BCUT2D eigenvalue weighted by Crippen LogP contribution is -2.42. The first-order chi connectivity index (χ1) is 12.7. The Bertz CT molecular complexity index is 753. The van der Waals surface area contributed by atoms with Gasteiger partial charge in [0.2, 0.25) is 5.95 Å². The second-order valence-electron chi connectivity index (χ2n) is 6.55. The Kier molecular flexibility index (Phi) is 5.26. The van der Waals surface area contributed by atoms with Crippen LogP contribution in [0, 0.1) is 0 Å². The number of ether oxygens (including phenoxy) is 1. The maximum atomic E-state index is 10.0. The van der Waals surface area contributed by atoms with Crippen LogP contribution in [0.15, 0.2) is 18.6 Å². The summed E-state index contributed by atoms with van der Waals surface area (Å²) in [6.07, 6.45) is 7.31. The molecule has 0 amide bonds. The van der Waals surface area contributed by atoms with Crippen molar-refractivity contribution in [3.05, 3.63) is 29.4 Å². The zero-order valence-electron chi connectivity index (χ0n) is 14.2. The zero-order valence-corrected chi connectivity index (χ0v) is 15.0. The van der Waals surface area contributed by atoms with Crippen LogP contribution < -0.4 is 10.6 Å². The first-order valence-corrected chi connectivity index (χ1v) is 9.19. The van der Waals surface area contributed by atoms with Crippen molar-refractivity contribution in [2.45, 2.75) is 37.5 Å². The first-order valence-electron chi connectivity index (χ1n) is 8.81. The largest absolute Gasteiger partial charge is 0.389 e. The Morgan fingerprint density at radius 3 is 2.77 bits per heavy atom. The topological polar surface area (TPSA) is 105 Å². The molecular weight excluding hydrogens is 356 g/mol. The quantitative estimate of drug-likeness (QED) is 0.738. The monoisotopic (exact) mass is 376 g/mol. The molecule has 0 saturated carbocycles. The fourth-order valence-corrected chi connectivity index (χ4v) is 3.44. The Hall–Kier alpha value is -1.87. The van der Waals surface area contributed by atoms with Crippen molar-refractivity contribution in [3.8, 4) is 11.3 Å². The molecule has 9 heteroatoms. The molecule has 3 atom stereocenters. The van der Waals surface area contributed by atoms with E-state index in [1.807, 2.05) is 0 Å². The lowest BCUT2D eigenvalue weighted by Gasteiger charge is -2.28. The molecule has 2 aliphatic heterocycles. The van der Waals surface area contributed by atoms with Crippen molar-refractivity contribution >= 4 is 17.5 Å². The SMILES string of the molecule is OC1COCCC1Nc1ncc(Cl)c(-c2cnc(C3CCCN3)nc2)n1. The van der Waals surface area contributed by atoms with E-state index in [4.69, 9.17) is 16.3 Å². The van der Waals surface area contributed by atoms with Gasteiger partial charge in [0.05, 0.1) is 41.7 Å². The van der Waals surface area contributed by atoms with Crippen LogP contribution in [0.2, 0.25) is 5.02 Å². The maximum Gasteiger partial charge on any atom is 0.223 e. The molecule has 0 aliphatic carbocycles. The van der Waals surface area contributed by atoms with Gasteiger partial charge in [0, 0.05) is 24.6 Å². The Morgan fingerprint density at radius 2 is 2.04 bits per heavy atom. The van der Waals surface area contributed by atoms with Crippen LogP contribution in [0.4, 0.5) is 5.95 Å². The average Bonchev–Trinajstić information content (AvgIpc) is 3.20. The van der Waals surface area contributed by atoms with Crippen molar-refractivity contribution in [1.29, 1.82) is 0 Å². The molecule has 26 heavy (non-hydrogen) atoms. The first kappa shape index (κ1) is 17.5. The van der Waals surface area contributed by atoms with Gasteiger partial charge in [-0.3, -0.25) is 0 Å². The highest BCUT2D eigenvalue weighted by Gasteiger charge is 2.24. The molecule has 4 rings (SSSR count). The van der Waals surface area contributed by atoms with Gasteiger partial charge in [0.1, 0.15) is 5.82 Å². The van der Waals surface area contributed by atoms with E-state index < -0.39 is 6.10 Å². The van der Waals surface area contributed by atoms with Gasteiger partial charge in [-0.25, -0.2) is 19.9 Å². The molecule has 2 saturated heterocycles. The highest BCUT2D eigenvalue weighted by atomic mass is 35.5. The molecular formula is C17H21ClN6O2. The minimum atomic E-state index is -0.590. The van der Waals surface area contributed by atoms with Gasteiger partial charge in [-0.05, 0) is 25.8 Å². The minimum Gasteiger partial charge on any atom is -0.389 e. The van der Waals surface area contributed by atoms with Crippen molar-refractivity contribution in [2.75, 3.05) is 25.1 Å². The molecule has 2 aromatic heterocycles. The summed E-state index contributed by atoms with van der Waals surface area (Å²) in [6, 6.07) is 0.0713. The number of hydrogen-bond acceptors (Lipinski definition) is 8. The number of rotatable bonds is 4. The van der Waals surface area contributed by atoms with E-state index in [9.17, 15) is 5.11 Å². The van der Waals surface area contributed by atoms with Crippen LogP contribution in [0.1, 0.15) is 31.1 Å². The minimum absolute atomic E-state index is 0.148. The molecule has 0 bridgehead atoms. The lowest BCUT2D eigenvalue weighted by atomic mass is 10.1. The van der Waals surface area contributed by atoms with Crippen molar-refractivity contribution in [2.24, 2.45) is 0 Å². The van der Waals surface area contributed by atoms with Gasteiger partial charge in [-0.1, -0.05) is 11.6 Å². The van der Waals surface area contributed by atoms with Gasteiger partial charge < -0.3 is 20.5 Å². The summed E-state index contributed by atoms with van der Waals surface area (Å²) < 4.78 is 5.24. The number of aliphatic hydroxyl groups is 1. The molecule has 138 valence electrons. The van der Waals surface area contributed by atoms with E-state index in [1.54, 1.807) is 18.6 Å². The van der Waals surface area contributed by atoms with Crippen LogP contribution in [0.3, 0.4) is 0 Å². The third-order valence-electron chi connectivity index (χ3n) is 4.70. The van der Waals surface area contributed by atoms with Gasteiger partial charge in [0.25, 0.3) is 0 Å². The third-order valence-corrected chi connectivity index (χ3v) is 4.98. The van der Waals surface area contributed by atoms with Gasteiger partial charge in [0.15, 0.2) is 0 Å². The zero-order chi connectivity index (χ0) is 17.9. The van der Waals surface area contributed by atoms with E-state index >= 15 is 0 Å². The van der Waals surface area contributed by atoms with E-state index in [2.05, 4.69) is 30.6 Å². The predicted octanol–water partition coefficient (Wildman–Crippen LogP) is 1.57. The standard InChI is InChI=1S/C17H21ClN6O2/c18-11-8-22-17(23-12-3-5-26-9-14(12)25)24-15(11)10-6-20-16(21-7-10)13-2-1-4-19-13/h6-8,12-14,19,25H,1-5,9H2,(H,22,23,24). The summed E-state index contributed by atoms with van der Waals surface area (Å²) in [7, 11) is 0. The molecule has 0 spiro atoms. The maximum absolute atomic E-state index is 10.0. The summed E-state index contributed by atoms with van der Waals surface area (Å²) in [6.45, 7) is 1.91. The van der Waals surface area contributed by atoms with Crippen molar-refractivity contribution in [1.82, 2.24) is 25.3 Å². The van der Waals surface area contributed by atoms with Crippen LogP contribution in [0.25, 0.3) is 11.3 Å². The number of aliphatic hydroxyl groups excluding tert-OH is 1. The highest BCUT2D eigenvalue weighted by Crippen LogP contribution is 2.27. The van der Waals surface area contributed by atoms with Crippen LogP contribution >= 0.6 is 11.6 Å². The lowest BCUT2D eigenvalue weighted by molar-refractivity contribution is -0.0136. The molecule has 3 unspecified atom stereocenters. The van der Waals surface area contributed by atoms with Gasteiger partial charge in [-0.15, -0.1) is 0 Å². The normalized spacial score (nSPS) is 26.0. The average molecular weight is 377 g/mol. The second kappa shape index (κ2) is 7.79. The molecule has 8 nitrogen and oxygen atoms in total. The van der Waals surface area contributed by atoms with E-state index in [-0.39, 0.29) is 12.1 Å². The highest BCUT2D eigenvalue weighted by molar-refractivity contribution is 6.32. The summed E-state index contributed by atoms with van der Waals surface area (Å²) in [5, 5.41) is 17.0. The van der Waals surface area contributed by atoms with Crippen LogP contribution in [-0.2, 0) is 4.74 Å². The van der Waals surface area contributed by atoms with Crippen molar-refractivity contribution < 1.29 is 9.84 Å². The fourth-order valence-electron chi connectivity index (χ4n) is 3.24. The molecule has 4 heterocycles. The Balaban J connectivity index is 1.54. The summed E-state index contributed by atoms with van der Waals surface area (Å²) in [5.41, 5.74) is 1.30. The van der Waals surface area contributed by atoms with E-state index in [0.29, 0.717) is 36.3 Å². The predicted molar refractivity (Wildman–Crippen MR) is 96.9 cm³/mol. The third kappa shape index (κ3) is 3.78. The summed E-state index contributed by atoms with van der Waals surface area (Å²) in [4.78, 5) is 17.6. The molecule has 2 fully saturated rings. The van der Waals surface area contributed by atoms with Gasteiger partial charge >= 0.3 is 0 Å². The van der Waals surface area contributed by atoms with E-state index in [1.165, 1.54) is 0 Å². The molecule has 0 radical (unpaired) electrons. The van der Waals surface area contributed by atoms with E-state index in [0.717, 1.165) is 30.8 Å². The summed E-state index contributed by atoms with van der Waals surface area (Å²) in [5.74, 6) is 1.21. The smallest absolute Gasteiger partial charge is 0.223 e. The number of aromatic nitrogens is 4. The van der Waals surface area contributed by atoms with Crippen molar-refractivity contribution in [3.63, 3.8) is 0 Å². The number of hydrogen-bond donors (Lipinski definition) is 3. The molecule has 2 aromatic rings. The number of anilines is 1. The number of nitrogens with one attached hydrogen (secondary N) is 2. The molecule has 2 aliphatic rings. The fraction of sp³-hybridized carbons (Fsp3) is 0.529. The van der Waals surface area contributed by atoms with Crippen LogP contribution in [-0.4, -0.2) is 56.9 Å². The number of nitrogens with zero attached hydrogens (tertiary/aromatic N) is 4. The number of halogens is 1. The molecule has 3 N–H and O–H groups in total.